The maximum atomic E-state index is 13.0. The van der Waals surface area contributed by atoms with Crippen LogP contribution in [0.5, 0.6) is 5.75 Å². The molecule has 2 aromatic rings. The van der Waals surface area contributed by atoms with Gasteiger partial charge in [0.1, 0.15) is 0 Å². The number of likely N-dealkylation sites (tertiary alicyclic amines) is 1. The summed E-state index contributed by atoms with van der Waals surface area (Å²) >= 11 is 0. The number of aromatic nitrogens is 2. The smallest absolute Gasteiger partial charge is 0.416 e. The van der Waals surface area contributed by atoms with Gasteiger partial charge in [0.2, 0.25) is 0 Å². The number of carbonyl (C=O) groups excluding carboxylic acids is 1. The fourth-order valence-corrected chi connectivity index (χ4v) is 3.49. The first-order valence-electron chi connectivity index (χ1n) is 8.84. The highest BCUT2D eigenvalue weighted by molar-refractivity contribution is 5.95. The molecule has 2 heterocycles. The summed E-state index contributed by atoms with van der Waals surface area (Å²) < 4.78 is 45.4. The maximum absolute atomic E-state index is 13.0. The minimum atomic E-state index is -4.45. The fraction of sp³-hybridized carbons (Fsp3) is 0.474. The normalized spacial score (nSPS) is 17.6. The van der Waals surface area contributed by atoms with Crippen LogP contribution in [0, 0.1) is 5.92 Å². The molecule has 0 bridgehead atoms. The average Bonchev–Trinajstić information content (AvgIpc) is 3.27. The van der Waals surface area contributed by atoms with Gasteiger partial charge in [-0.3, -0.25) is 4.79 Å². The molecule has 0 saturated carbocycles. The van der Waals surface area contributed by atoms with Crippen LogP contribution in [-0.2, 0) is 6.18 Å². The first-order valence-corrected chi connectivity index (χ1v) is 8.84. The molecule has 146 valence electrons. The quantitative estimate of drug-likeness (QED) is 0.799. The molecule has 5 nitrogen and oxygen atoms in total. The van der Waals surface area contributed by atoms with E-state index in [9.17, 15) is 18.0 Å². The lowest BCUT2D eigenvalue weighted by Crippen LogP contribution is -2.38. The zero-order valence-corrected chi connectivity index (χ0v) is 15.5. The third-order valence-corrected chi connectivity index (χ3v) is 4.87. The van der Waals surface area contributed by atoms with Crippen molar-refractivity contribution in [3.05, 3.63) is 41.7 Å². The summed E-state index contributed by atoms with van der Waals surface area (Å²) in [5.74, 6) is 0.300. The first kappa shape index (κ1) is 19.3. The summed E-state index contributed by atoms with van der Waals surface area (Å²) in [6.07, 6.45) is -1.17. The van der Waals surface area contributed by atoms with Crippen LogP contribution in [0.25, 0.3) is 5.69 Å². The van der Waals surface area contributed by atoms with Crippen molar-refractivity contribution in [1.29, 1.82) is 0 Å². The zero-order chi connectivity index (χ0) is 19.8. The number of halogens is 3. The molecule has 0 aliphatic carbocycles. The minimum Gasteiger partial charge on any atom is -0.493 e. The van der Waals surface area contributed by atoms with E-state index in [2.05, 4.69) is 18.9 Å². The summed E-state index contributed by atoms with van der Waals surface area (Å²) in [4.78, 5) is 14.8. The lowest BCUT2D eigenvalue weighted by molar-refractivity contribution is -0.137. The van der Waals surface area contributed by atoms with Crippen LogP contribution >= 0.6 is 0 Å². The van der Waals surface area contributed by atoms with E-state index in [4.69, 9.17) is 4.74 Å². The molecule has 0 spiro atoms. The molecule has 1 aliphatic heterocycles. The Morgan fingerprint density at radius 2 is 2.07 bits per heavy atom. The van der Waals surface area contributed by atoms with Gasteiger partial charge in [0, 0.05) is 12.6 Å². The number of alkyl halides is 3. The van der Waals surface area contributed by atoms with E-state index in [1.54, 1.807) is 4.90 Å². The van der Waals surface area contributed by atoms with Crippen LogP contribution in [0.4, 0.5) is 13.2 Å². The summed E-state index contributed by atoms with van der Waals surface area (Å²) in [6, 6.07) is 4.92. The van der Waals surface area contributed by atoms with Gasteiger partial charge in [0.05, 0.1) is 24.6 Å². The molecule has 27 heavy (non-hydrogen) atoms. The van der Waals surface area contributed by atoms with Crippen molar-refractivity contribution >= 4 is 5.91 Å². The fourth-order valence-electron chi connectivity index (χ4n) is 3.49. The van der Waals surface area contributed by atoms with Crippen molar-refractivity contribution < 1.29 is 22.7 Å². The van der Waals surface area contributed by atoms with Crippen molar-refractivity contribution in [2.75, 3.05) is 13.7 Å². The predicted molar refractivity (Wildman–Crippen MR) is 94.0 cm³/mol. The van der Waals surface area contributed by atoms with Gasteiger partial charge in [-0.2, -0.15) is 18.3 Å². The van der Waals surface area contributed by atoms with Crippen LogP contribution in [0.15, 0.2) is 30.5 Å². The third-order valence-electron chi connectivity index (χ3n) is 4.87. The zero-order valence-electron chi connectivity index (χ0n) is 15.5. The van der Waals surface area contributed by atoms with E-state index in [0.717, 1.165) is 25.0 Å². The van der Waals surface area contributed by atoms with Gasteiger partial charge >= 0.3 is 6.18 Å². The Kier molecular flexibility index (Phi) is 5.17. The SMILES string of the molecule is COc1cn(-c2cccc(C(F)(F)F)c2)nc1C(=O)N1CCCC1C(C)C. The number of carbonyl (C=O) groups is 1. The van der Waals surface area contributed by atoms with E-state index in [1.807, 2.05) is 0 Å². The number of amides is 1. The molecule has 1 saturated heterocycles. The Balaban J connectivity index is 1.96. The van der Waals surface area contributed by atoms with E-state index >= 15 is 0 Å². The molecule has 1 aromatic heterocycles. The van der Waals surface area contributed by atoms with Crippen LogP contribution in [0.2, 0.25) is 0 Å². The Hall–Kier alpha value is -2.51. The Morgan fingerprint density at radius 1 is 1.33 bits per heavy atom. The Bertz CT molecular complexity index is 830. The van der Waals surface area contributed by atoms with Crippen molar-refractivity contribution in [2.24, 2.45) is 5.92 Å². The van der Waals surface area contributed by atoms with E-state index in [-0.39, 0.29) is 29.1 Å². The number of hydrogen-bond acceptors (Lipinski definition) is 3. The lowest BCUT2D eigenvalue weighted by Gasteiger charge is -2.27. The van der Waals surface area contributed by atoms with Gasteiger partial charge in [0.25, 0.3) is 5.91 Å². The van der Waals surface area contributed by atoms with Crippen molar-refractivity contribution in [3.8, 4) is 11.4 Å². The summed E-state index contributed by atoms with van der Waals surface area (Å²) in [5.41, 5.74) is -0.451. The summed E-state index contributed by atoms with van der Waals surface area (Å²) in [6.45, 7) is 4.77. The lowest BCUT2D eigenvalue weighted by atomic mass is 10.0. The number of benzene rings is 1. The van der Waals surface area contributed by atoms with Gasteiger partial charge in [-0.05, 0) is 37.0 Å². The summed E-state index contributed by atoms with van der Waals surface area (Å²) in [5, 5.41) is 4.25. The highest BCUT2D eigenvalue weighted by Crippen LogP contribution is 2.32. The average molecular weight is 381 g/mol. The van der Waals surface area contributed by atoms with Gasteiger partial charge in [-0.25, -0.2) is 4.68 Å². The van der Waals surface area contributed by atoms with Crippen LogP contribution in [0.1, 0.15) is 42.7 Å². The highest BCUT2D eigenvalue weighted by atomic mass is 19.4. The second kappa shape index (κ2) is 7.25. The summed E-state index contributed by atoms with van der Waals surface area (Å²) in [7, 11) is 1.41. The topological polar surface area (TPSA) is 47.4 Å². The number of rotatable bonds is 4. The molecule has 1 amide bonds. The number of hydrogen-bond donors (Lipinski definition) is 0. The molecule has 1 unspecified atom stereocenters. The molecule has 0 radical (unpaired) electrons. The standard InChI is InChI=1S/C19H22F3N3O2/c1-12(2)15-8-5-9-24(15)18(26)17-16(27-3)11-25(23-17)14-7-4-6-13(10-14)19(20,21)22/h4,6-7,10-12,15H,5,8-9H2,1-3H3. The van der Waals surface area contributed by atoms with E-state index in [1.165, 1.54) is 30.1 Å². The van der Waals surface area contributed by atoms with Crippen LogP contribution in [-0.4, -0.2) is 40.3 Å². The van der Waals surface area contributed by atoms with E-state index < -0.39 is 11.7 Å². The second-order valence-electron chi connectivity index (χ2n) is 6.99. The Morgan fingerprint density at radius 3 is 2.70 bits per heavy atom. The molecule has 1 fully saturated rings. The molecule has 1 aromatic carbocycles. The largest absolute Gasteiger partial charge is 0.493 e. The Labute approximate surface area is 155 Å². The molecular formula is C19H22F3N3O2. The molecule has 8 heteroatoms. The molecule has 3 rings (SSSR count). The van der Waals surface area contributed by atoms with Crippen molar-refractivity contribution in [3.63, 3.8) is 0 Å². The molecule has 1 aliphatic rings. The first-order chi connectivity index (χ1) is 12.7. The van der Waals surface area contributed by atoms with Crippen LogP contribution in [0.3, 0.4) is 0 Å². The monoisotopic (exact) mass is 381 g/mol. The van der Waals surface area contributed by atoms with E-state index in [0.29, 0.717) is 12.5 Å². The third kappa shape index (κ3) is 3.79. The number of ether oxygens (including phenoxy) is 1. The van der Waals surface area contributed by atoms with Gasteiger partial charge < -0.3 is 9.64 Å². The highest BCUT2D eigenvalue weighted by Gasteiger charge is 2.34. The number of methoxy groups -OCH3 is 1. The predicted octanol–water partition coefficient (Wildman–Crippen LogP) is 4.16. The number of nitrogens with zero attached hydrogens (tertiary/aromatic N) is 3. The molecule has 0 N–H and O–H groups in total. The second-order valence-corrected chi connectivity index (χ2v) is 6.99. The van der Waals surface area contributed by atoms with Crippen molar-refractivity contribution in [2.45, 2.75) is 38.9 Å². The van der Waals surface area contributed by atoms with Gasteiger partial charge in [0.15, 0.2) is 11.4 Å². The van der Waals surface area contributed by atoms with Gasteiger partial charge in [-0.1, -0.05) is 19.9 Å². The molecule has 1 atom stereocenters. The minimum absolute atomic E-state index is 0.113. The molecular weight excluding hydrogens is 359 g/mol. The van der Waals surface area contributed by atoms with Gasteiger partial charge in [-0.15, -0.1) is 0 Å². The van der Waals surface area contributed by atoms with Crippen LogP contribution < -0.4 is 4.74 Å². The maximum Gasteiger partial charge on any atom is 0.416 e. The van der Waals surface area contributed by atoms with Crippen molar-refractivity contribution in [1.82, 2.24) is 14.7 Å².